The maximum absolute atomic E-state index is 13.3. The van der Waals surface area contributed by atoms with Crippen LogP contribution in [0.5, 0.6) is 0 Å². The van der Waals surface area contributed by atoms with E-state index in [2.05, 4.69) is 21.8 Å². The topological polar surface area (TPSA) is 60.7 Å². The quantitative estimate of drug-likeness (QED) is 0.514. The van der Waals surface area contributed by atoms with Gasteiger partial charge in [-0.2, -0.15) is 0 Å². The SMILES string of the molecule is C=CCn1c(SCC(=O)C23CC4CC(CC(C4)C2)C3)nnc1-c1ccncc1. The number of rotatable bonds is 7. The van der Waals surface area contributed by atoms with E-state index in [-0.39, 0.29) is 5.41 Å². The number of Topliss-reactive ketones (excluding diaryl/α,β-unsaturated/α-hetero) is 1. The molecule has 0 N–H and O–H groups in total. The second kappa shape index (κ2) is 7.14. The lowest BCUT2D eigenvalue weighted by Crippen LogP contribution is -2.50. The molecule has 4 aliphatic rings. The van der Waals surface area contributed by atoms with Crippen molar-refractivity contribution in [1.29, 1.82) is 0 Å². The molecule has 2 aromatic rings. The summed E-state index contributed by atoms with van der Waals surface area (Å²) in [6, 6.07) is 3.86. The van der Waals surface area contributed by atoms with Gasteiger partial charge in [0.2, 0.25) is 0 Å². The maximum Gasteiger partial charge on any atom is 0.192 e. The summed E-state index contributed by atoms with van der Waals surface area (Å²) >= 11 is 1.54. The minimum absolute atomic E-state index is 0.0427. The van der Waals surface area contributed by atoms with Crippen molar-refractivity contribution in [3.63, 3.8) is 0 Å². The zero-order valence-electron chi connectivity index (χ0n) is 16.1. The van der Waals surface area contributed by atoms with Gasteiger partial charge in [-0.15, -0.1) is 16.8 Å². The van der Waals surface area contributed by atoms with E-state index in [1.54, 1.807) is 12.4 Å². The van der Waals surface area contributed by atoms with Crippen LogP contribution in [0.1, 0.15) is 38.5 Å². The Kier molecular flexibility index (Phi) is 4.62. The monoisotopic (exact) mass is 394 g/mol. The summed E-state index contributed by atoms with van der Waals surface area (Å²) in [6.45, 7) is 4.49. The fourth-order valence-electron chi connectivity index (χ4n) is 6.14. The molecule has 0 aliphatic heterocycles. The fourth-order valence-corrected chi connectivity index (χ4v) is 7.12. The molecular formula is C22H26N4OS. The Morgan fingerprint density at radius 3 is 2.39 bits per heavy atom. The van der Waals surface area contributed by atoms with Crippen molar-refractivity contribution in [2.75, 3.05) is 5.75 Å². The number of hydrogen-bond acceptors (Lipinski definition) is 5. The van der Waals surface area contributed by atoms with Crippen LogP contribution in [0.25, 0.3) is 11.4 Å². The molecule has 0 amide bonds. The average molecular weight is 395 g/mol. The highest BCUT2D eigenvalue weighted by Gasteiger charge is 2.54. The molecule has 0 atom stereocenters. The predicted molar refractivity (Wildman–Crippen MR) is 110 cm³/mol. The largest absolute Gasteiger partial charge is 0.298 e. The van der Waals surface area contributed by atoms with Gasteiger partial charge in [0.15, 0.2) is 11.0 Å². The molecule has 5 nitrogen and oxygen atoms in total. The van der Waals surface area contributed by atoms with E-state index >= 15 is 0 Å². The highest BCUT2D eigenvalue weighted by Crippen LogP contribution is 2.60. The van der Waals surface area contributed by atoms with Crippen LogP contribution < -0.4 is 0 Å². The Labute approximate surface area is 170 Å². The van der Waals surface area contributed by atoms with Crippen molar-refractivity contribution < 1.29 is 4.79 Å². The van der Waals surface area contributed by atoms with Gasteiger partial charge in [0.25, 0.3) is 0 Å². The van der Waals surface area contributed by atoms with Crippen molar-refractivity contribution >= 4 is 17.5 Å². The zero-order chi connectivity index (χ0) is 19.1. The number of pyridine rings is 1. The van der Waals surface area contributed by atoms with Crippen LogP contribution in [0.4, 0.5) is 0 Å². The Morgan fingerprint density at radius 1 is 1.14 bits per heavy atom. The summed E-state index contributed by atoms with van der Waals surface area (Å²) in [4.78, 5) is 17.4. The molecule has 0 unspecified atom stereocenters. The molecule has 4 saturated carbocycles. The zero-order valence-corrected chi connectivity index (χ0v) is 16.9. The van der Waals surface area contributed by atoms with Crippen molar-refractivity contribution in [3.8, 4) is 11.4 Å². The van der Waals surface area contributed by atoms with E-state index in [4.69, 9.17) is 0 Å². The van der Waals surface area contributed by atoms with Crippen LogP contribution in [0.15, 0.2) is 42.3 Å². The van der Waals surface area contributed by atoms with Crippen molar-refractivity contribution in [2.45, 2.75) is 50.2 Å². The molecule has 2 aromatic heterocycles. The van der Waals surface area contributed by atoms with Crippen LogP contribution >= 0.6 is 11.8 Å². The maximum atomic E-state index is 13.3. The molecular weight excluding hydrogens is 368 g/mol. The summed E-state index contributed by atoms with van der Waals surface area (Å²) in [6.07, 6.45) is 12.8. The van der Waals surface area contributed by atoms with Crippen molar-refractivity contribution in [2.24, 2.45) is 23.2 Å². The number of nitrogens with zero attached hydrogens (tertiary/aromatic N) is 4. The minimum Gasteiger partial charge on any atom is -0.298 e. The Bertz CT molecular complexity index is 856. The van der Waals surface area contributed by atoms with E-state index in [9.17, 15) is 4.79 Å². The molecule has 0 radical (unpaired) electrons. The highest BCUT2D eigenvalue weighted by molar-refractivity contribution is 7.99. The number of carbonyl (C=O) groups excluding carboxylic acids is 1. The van der Waals surface area contributed by atoms with Crippen LogP contribution in [0.2, 0.25) is 0 Å². The number of ketones is 1. The number of allylic oxidation sites excluding steroid dienone is 1. The molecule has 0 spiro atoms. The van der Waals surface area contributed by atoms with E-state index < -0.39 is 0 Å². The first-order chi connectivity index (χ1) is 13.7. The van der Waals surface area contributed by atoms with Gasteiger partial charge in [0, 0.05) is 29.9 Å². The molecule has 0 aromatic carbocycles. The summed E-state index contributed by atoms with van der Waals surface area (Å²) in [5, 5.41) is 9.56. The van der Waals surface area contributed by atoms with Gasteiger partial charge >= 0.3 is 0 Å². The molecule has 6 heteroatoms. The van der Waals surface area contributed by atoms with Crippen LogP contribution in [-0.4, -0.2) is 31.3 Å². The number of hydrogen-bond donors (Lipinski definition) is 0. The van der Waals surface area contributed by atoms with Gasteiger partial charge in [0.1, 0.15) is 5.78 Å². The molecule has 0 saturated heterocycles. The first-order valence-electron chi connectivity index (χ1n) is 10.3. The van der Waals surface area contributed by atoms with Gasteiger partial charge in [-0.05, 0) is 68.4 Å². The molecule has 2 heterocycles. The Balaban J connectivity index is 1.34. The molecule has 28 heavy (non-hydrogen) atoms. The van der Waals surface area contributed by atoms with Crippen LogP contribution in [0.3, 0.4) is 0 Å². The lowest BCUT2D eigenvalue weighted by Gasteiger charge is -2.56. The lowest BCUT2D eigenvalue weighted by molar-refractivity contribution is -0.141. The molecule has 4 bridgehead atoms. The predicted octanol–water partition coefficient (Wildman–Crippen LogP) is 4.40. The Morgan fingerprint density at radius 2 is 1.79 bits per heavy atom. The average Bonchev–Trinajstić information content (AvgIpc) is 3.08. The number of carbonyl (C=O) groups is 1. The van der Waals surface area contributed by atoms with Crippen molar-refractivity contribution in [3.05, 3.63) is 37.2 Å². The third-order valence-electron chi connectivity index (χ3n) is 6.93. The normalized spacial score (nSPS) is 30.5. The molecule has 146 valence electrons. The van der Waals surface area contributed by atoms with Crippen LogP contribution in [-0.2, 0) is 11.3 Å². The molecule has 4 fully saturated rings. The highest BCUT2D eigenvalue weighted by atomic mass is 32.2. The standard InChI is InChI=1S/C22H26N4OS/c1-2-7-26-20(18-3-5-23-6-4-18)24-25-21(26)28-14-19(27)22-11-15-8-16(12-22)10-17(9-15)13-22/h2-6,15-17H,1,7-14H2. The first-order valence-corrected chi connectivity index (χ1v) is 11.3. The van der Waals surface area contributed by atoms with Gasteiger partial charge in [0.05, 0.1) is 5.75 Å². The van der Waals surface area contributed by atoms with Crippen molar-refractivity contribution in [1.82, 2.24) is 19.7 Å². The smallest absolute Gasteiger partial charge is 0.192 e. The summed E-state index contributed by atoms with van der Waals surface area (Å²) in [5.41, 5.74) is 0.933. The Hall–Kier alpha value is -1.95. The van der Waals surface area contributed by atoms with Crippen LogP contribution in [0, 0.1) is 23.2 Å². The first kappa shape index (κ1) is 18.1. The number of aromatic nitrogens is 4. The van der Waals surface area contributed by atoms with E-state index in [1.165, 1.54) is 31.0 Å². The minimum atomic E-state index is -0.0427. The summed E-state index contributed by atoms with van der Waals surface area (Å²) < 4.78 is 2.04. The lowest BCUT2D eigenvalue weighted by atomic mass is 9.48. The summed E-state index contributed by atoms with van der Waals surface area (Å²) in [5.74, 6) is 4.12. The van der Waals surface area contributed by atoms with Gasteiger partial charge in [-0.3, -0.25) is 14.3 Å². The third-order valence-corrected chi connectivity index (χ3v) is 7.90. The third kappa shape index (κ3) is 3.11. The molecule has 6 rings (SSSR count). The fraction of sp³-hybridized carbons (Fsp3) is 0.545. The second-order valence-corrected chi connectivity index (χ2v) is 9.79. The second-order valence-electron chi connectivity index (χ2n) is 8.85. The number of thioether (sulfide) groups is 1. The van der Waals surface area contributed by atoms with E-state index in [1.807, 2.05) is 22.8 Å². The van der Waals surface area contributed by atoms with Gasteiger partial charge in [-0.1, -0.05) is 17.8 Å². The van der Waals surface area contributed by atoms with Gasteiger partial charge in [-0.25, -0.2) is 0 Å². The summed E-state index contributed by atoms with van der Waals surface area (Å²) in [7, 11) is 0. The van der Waals surface area contributed by atoms with Gasteiger partial charge < -0.3 is 0 Å². The van der Waals surface area contributed by atoms with E-state index in [0.717, 1.165) is 53.6 Å². The van der Waals surface area contributed by atoms with E-state index in [0.29, 0.717) is 18.1 Å². The molecule has 4 aliphatic carbocycles.